The predicted octanol–water partition coefficient (Wildman–Crippen LogP) is 2.78. The van der Waals surface area contributed by atoms with Crippen molar-refractivity contribution in [3.05, 3.63) is 36.1 Å². The number of hydrogen-bond acceptors (Lipinski definition) is 4. The maximum atomic E-state index is 11.2. The Morgan fingerprint density at radius 3 is 2.76 bits per heavy atom. The van der Waals surface area contributed by atoms with E-state index in [2.05, 4.69) is 12.2 Å². The van der Waals surface area contributed by atoms with Crippen molar-refractivity contribution in [2.75, 3.05) is 13.2 Å². The fraction of sp³-hybridized carbons (Fsp3) is 0.529. The molecule has 0 bridgehead atoms. The second kappa shape index (κ2) is 7.07. The van der Waals surface area contributed by atoms with Crippen molar-refractivity contribution in [1.82, 2.24) is 5.32 Å². The first-order valence-electron chi connectivity index (χ1n) is 7.70. The number of hydrogen-bond donors (Lipinski definition) is 3. The van der Waals surface area contributed by atoms with Crippen LogP contribution in [0.4, 0.5) is 0 Å². The van der Waals surface area contributed by atoms with E-state index in [1.165, 1.54) is 0 Å². The summed E-state index contributed by atoms with van der Waals surface area (Å²) < 4.78 is 5.35. The fourth-order valence-corrected chi connectivity index (χ4v) is 2.83. The molecular formula is C17H25NO3. The van der Waals surface area contributed by atoms with Gasteiger partial charge in [-0.25, -0.2) is 0 Å². The van der Waals surface area contributed by atoms with Crippen LogP contribution in [0.25, 0.3) is 11.0 Å². The number of fused-ring (bicyclic) bond motifs is 1. The van der Waals surface area contributed by atoms with Crippen molar-refractivity contribution < 1.29 is 14.6 Å². The van der Waals surface area contributed by atoms with Gasteiger partial charge in [-0.2, -0.15) is 0 Å². The van der Waals surface area contributed by atoms with Gasteiger partial charge in [0.05, 0.1) is 18.9 Å². The van der Waals surface area contributed by atoms with Gasteiger partial charge in [0.2, 0.25) is 0 Å². The van der Waals surface area contributed by atoms with E-state index in [0.29, 0.717) is 13.0 Å². The Bertz CT molecular complexity index is 566. The summed E-state index contributed by atoms with van der Waals surface area (Å²) in [5, 5.41) is 25.1. The second-order valence-corrected chi connectivity index (χ2v) is 5.49. The van der Waals surface area contributed by atoms with Gasteiger partial charge in [-0.05, 0) is 36.7 Å². The first-order valence-corrected chi connectivity index (χ1v) is 7.70. The normalized spacial score (nSPS) is 16.0. The molecule has 0 spiro atoms. The quantitative estimate of drug-likeness (QED) is 0.699. The van der Waals surface area contributed by atoms with Crippen molar-refractivity contribution in [3.8, 4) is 0 Å². The fourth-order valence-electron chi connectivity index (χ4n) is 2.83. The van der Waals surface area contributed by atoms with E-state index < -0.39 is 5.60 Å². The maximum Gasteiger partial charge on any atom is 0.133 e. The van der Waals surface area contributed by atoms with Gasteiger partial charge in [-0.15, -0.1) is 0 Å². The number of rotatable bonds is 8. The van der Waals surface area contributed by atoms with Crippen molar-refractivity contribution >= 4 is 11.0 Å². The third-order valence-electron chi connectivity index (χ3n) is 4.07. The molecule has 0 amide bonds. The SMILES string of the molecule is CCCCC(O)(c1ccc2occc2c1)C(CO)NCC. The van der Waals surface area contributed by atoms with Gasteiger partial charge < -0.3 is 19.9 Å². The minimum Gasteiger partial charge on any atom is -0.464 e. The van der Waals surface area contributed by atoms with Gasteiger partial charge in [-0.1, -0.05) is 32.8 Å². The first kappa shape index (κ1) is 16.0. The summed E-state index contributed by atoms with van der Waals surface area (Å²) in [5.41, 5.74) is 0.553. The molecule has 2 aromatic rings. The van der Waals surface area contributed by atoms with E-state index in [9.17, 15) is 10.2 Å². The van der Waals surface area contributed by atoms with Crippen molar-refractivity contribution in [2.24, 2.45) is 0 Å². The number of benzene rings is 1. The van der Waals surface area contributed by atoms with E-state index in [4.69, 9.17) is 4.42 Å². The summed E-state index contributed by atoms with van der Waals surface area (Å²) in [7, 11) is 0. The third-order valence-corrected chi connectivity index (χ3v) is 4.07. The zero-order valence-electron chi connectivity index (χ0n) is 12.8. The molecule has 4 nitrogen and oxygen atoms in total. The summed E-state index contributed by atoms with van der Waals surface area (Å²) in [4.78, 5) is 0. The zero-order valence-corrected chi connectivity index (χ0v) is 12.8. The molecule has 0 aliphatic rings. The zero-order chi connectivity index (χ0) is 15.3. The molecule has 0 radical (unpaired) electrons. The lowest BCUT2D eigenvalue weighted by molar-refractivity contribution is -0.0306. The number of aliphatic hydroxyl groups excluding tert-OH is 1. The molecule has 116 valence electrons. The van der Waals surface area contributed by atoms with Crippen LogP contribution < -0.4 is 5.32 Å². The molecular weight excluding hydrogens is 266 g/mol. The third kappa shape index (κ3) is 3.28. The minimum absolute atomic E-state index is 0.0997. The number of unbranched alkanes of at least 4 members (excludes halogenated alkanes) is 1. The number of furan rings is 1. The van der Waals surface area contributed by atoms with Crippen LogP contribution in [0.1, 0.15) is 38.7 Å². The number of nitrogens with one attached hydrogen (secondary N) is 1. The lowest BCUT2D eigenvalue weighted by atomic mass is 9.81. The molecule has 2 unspecified atom stereocenters. The molecule has 3 N–H and O–H groups in total. The van der Waals surface area contributed by atoms with Gasteiger partial charge in [0.25, 0.3) is 0 Å². The first-order chi connectivity index (χ1) is 10.2. The average molecular weight is 291 g/mol. The highest BCUT2D eigenvalue weighted by Gasteiger charge is 2.37. The van der Waals surface area contributed by atoms with Crippen LogP contribution in [-0.4, -0.2) is 29.4 Å². The van der Waals surface area contributed by atoms with Crippen LogP contribution in [0.2, 0.25) is 0 Å². The number of likely N-dealkylation sites (N-methyl/N-ethyl adjacent to an activating group) is 1. The Kier molecular flexibility index (Phi) is 5.39. The predicted molar refractivity (Wildman–Crippen MR) is 84.2 cm³/mol. The van der Waals surface area contributed by atoms with E-state index >= 15 is 0 Å². The van der Waals surface area contributed by atoms with E-state index in [1.807, 2.05) is 31.2 Å². The highest BCUT2D eigenvalue weighted by molar-refractivity contribution is 5.78. The molecule has 4 heteroatoms. The monoisotopic (exact) mass is 291 g/mol. The van der Waals surface area contributed by atoms with E-state index in [-0.39, 0.29) is 12.6 Å². The van der Waals surface area contributed by atoms with Crippen LogP contribution in [0.3, 0.4) is 0 Å². The Hall–Kier alpha value is -1.36. The molecule has 1 aromatic heterocycles. The van der Waals surface area contributed by atoms with Crippen molar-refractivity contribution in [2.45, 2.75) is 44.8 Å². The van der Waals surface area contributed by atoms with E-state index in [1.54, 1.807) is 6.26 Å². The minimum atomic E-state index is -1.08. The van der Waals surface area contributed by atoms with Crippen LogP contribution in [-0.2, 0) is 5.60 Å². The molecule has 21 heavy (non-hydrogen) atoms. The van der Waals surface area contributed by atoms with Crippen molar-refractivity contribution in [3.63, 3.8) is 0 Å². The van der Waals surface area contributed by atoms with Crippen LogP contribution in [0, 0.1) is 0 Å². The molecule has 1 heterocycles. The van der Waals surface area contributed by atoms with Gasteiger partial charge in [-0.3, -0.25) is 0 Å². The smallest absolute Gasteiger partial charge is 0.133 e. The summed E-state index contributed by atoms with van der Waals surface area (Å²) in [6, 6.07) is 7.23. The van der Waals surface area contributed by atoms with Gasteiger partial charge in [0.15, 0.2) is 0 Å². The van der Waals surface area contributed by atoms with Gasteiger partial charge in [0, 0.05) is 5.39 Å². The Balaban J connectivity index is 2.40. The highest BCUT2D eigenvalue weighted by atomic mass is 16.3. The molecule has 0 aliphatic carbocycles. The highest BCUT2D eigenvalue weighted by Crippen LogP contribution is 2.33. The van der Waals surface area contributed by atoms with Crippen molar-refractivity contribution in [1.29, 1.82) is 0 Å². The standard InChI is InChI=1S/C17H25NO3/c1-3-5-9-17(20,16(12-19)18-4-2)14-6-7-15-13(11-14)8-10-21-15/h6-8,10-11,16,18-20H,3-5,9,12H2,1-2H3. The molecule has 0 saturated heterocycles. The Morgan fingerprint density at radius 1 is 1.29 bits per heavy atom. The summed E-state index contributed by atoms with van der Waals surface area (Å²) in [6.07, 6.45) is 4.17. The van der Waals surface area contributed by atoms with Crippen LogP contribution in [0.15, 0.2) is 34.9 Å². The Morgan fingerprint density at radius 2 is 2.10 bits per heavy atom. The molecule has 1 aromatic carbocycles. The Labute approximate surface area is 125 Å². The summed E-state index contributed by atoms with van der Waals surface area (Å²) >= 11 is 0. The number of aliphatic hydroxyl groups is 2. The van der Waals surface area contributed by atoms with Crippen LogP contribution in [0.5, 0.6) is 0 Å². The summed E-state index contributed by atoms with van der Waals surface area (Å²) in [6.45, 7) is 4.67. The van der Waals surface area contributed by atoms with Crippen LogP contribution >= 0.6 is 0 Å². The lowest BCUT2D eigenvalue weighted by Crippen LogP contribution is -2.51. The molecule has 2 atom stereocenters. The van der Waals surface area contributed by atoms with Gasteiger partial charge in [0.1, 0.15) is 11.2 Å². The summed E-state index contributed by atoms with van der Waals surface area (Å²) in [5.74, 6) is 0. The molecule has 0 fully saturated rings. The second-order valence-electron chi connectivity index (χ2n) is 5.49. The maximum absolute atomic E-state index is 11.2. The van der Waals surface area contributed by atoms with E-state index in [0.717, 1.165) is 29.4 Å². The topological polar surface area (TPSA) is 65.6 Å². The van der Waals surface area contributed by atoms with Gasteiger partial charge >= 0.3 is 0 Å². The molecule has 2 rings (SSSR count). The molecule has 0 aliphatic heterocycles. The lowest BCUT2D eigenvalue weighted by Gasteiger charge is -2.36. The largest absolute Gasteiger partial charge is 0.464 e. The average Bonchev–Trinajstić information content (AvgIpc) is 2.97. The molecule has 0 saturated carbocycles.